The van der Waals surface area contributed by atoms with E-state index in [2.05, 4.69) is 4.98 Å². The van der Waals surface area contributed by atoms with Gasteiger partial charge >= 0.3 is 0 Å². The number of aromatic nitrogens is 1. The van der Waals surface area contributed by atoms with E-state index < -0.39 is 0 Å². The van der Waals surface area contributed by atoms with E-state index in [-0.39, 0.29) is 18.3 Å². The molecule has 2 aromatic carbocycles. The molecule has 0 saturated carbocycles. The first kappa shape index (κ1) is 16.3. The molecule has 0 saturated heterocycles. The Morgan fingerprint density at radius 2 is 1.92 bits per heavy atom. The number of benzene rings is 2. The van der Waals surface area contributed by atoms with E-state index >= 15 is 0 Å². The fourth-order valence-electron chi connectivity index (χ4n) is 2.45. The van der Waals surface area contributed by atoms with Crippen LogP contribution in [0.4, 0.5) is 10.1 Å². The molecule has 0 spiro atoms. The first-order valence-electron chi connectivity index (χ1n) is 7.64. The zero-order valence-corrected chi connectivity index (χ0v) is 13.3. The molecule has 0 aliphatic carbocycles. The van der Waals surface area contributed by atoms with E-state index in [1.165, 1.54) is 17.0 Å². The molecule has 0 bridgehead atoms. The molecule has 0 fully saturated rings. The monoisotopic (exact) mass is 331 g/mol. The number of hydrogen-bond donors (Lipinski definition) is 0. The molecule has 0 N–H and O–H groups in total. The van der Waals surface area contributed by atoms with Crippen LogP contribution in [0.3, 0.4) is 0 Å². The van der Waals surface area contributed by atoms with Crippen LogP contribution in [0.5, 0.6) is 0 Å². The minimum Gasteiger partial charge on any atom is -0.304 e. The summed E-state index contributed by atoms with van der Waals surface area (Å²) in [6.07, 6.45) is 3.33. The SMILES string of the molecule is N#Cc1cccc(C(=O)N(Cc2cccnc2)c2ccc(F)cc2)c1. The standard InChI is InChI=1S/C20H14FN3O/c21-18-6-8-19(9-7-18)24(14-16-4-2-10-23-13-16)20(25)17-5-1-3-15(11-17)12-22/h1-11,13H,14H2. The molecule has 1 aromatic heterocycles. The molecule has 0 atom stereocenters. The lowest BCUT2D eigenvalue weighted by molar-refractivity contribution is 0.0985. The van der Waals surface area contributed by atoms with Gasteiger partial charge in [0.05, 0.1) is 18.2 Å². The number of anilines is 1. The van der Waals surface area contributed by atoms with Crippen LogP contribution in [-0.4, -0.2) is 10.9 Å². The third kappa shape index (κ3) is 3.88. The van der Waals surface area contributed by atoms with Crippen molar-refractivity contribution in [2.24, 2.45) is 0 Å². The van der Waals surface area contributed by atoms with Gasteiger partial charge in [0, 0.05) is 23.6 Å². The van der Waals surface area contributed by atoms with Gasteiger partial charge in [-0.25, -0.2) is 4.39 Å². The summed E-state index contributed by atoms with van der Waals surface area (Å²) in [5, 5.41) is 9.04. The summed E-state index contributed by atoms with van der Waals surface area (Å²) in [7, 11) is 0. The predicted octanol–water partition coefficient (Wildman–Crippen LogP) is 3.94. The van der Waals surface area contributed by atoms with Gasteiger partial charge in [-0.15, -0.1) is 0 Å². The largest absolute Gasteiger partial charge is 0.304 e. The van der Waals surface area contributed by atoms with Crippen molar-refractivity contribution < 1.29 is 9.18 Å². The fraction of sp³-hybridized carbons (Fsp3) is 0.0500. The molecule has 4 nitrogen and oxygen atoms in total. The molecule has 1 heterocycles. The molecule has 25 heavy (non-hydrogen) atoms. The number of nitriles is 1. The number of nitrogens with zero attached hydrogens (tertiary/aromatic N) is 3. The Morgan fingerprint density at radius 3 is 2.60 bits per heavy atom. The molecule has 5 heteroatoms. The summed E-state index contributed by atoms with van der Waals surface area (Å²) >= 11 is 0. The second-order valence-corrected chi connectivity index (χ2v) is 5.42. The summed E-state index contributed by atoms with van der Waals surface area (Å²) < 4.78 is 13.3. The minimum absolute atomic E-state index is 0.271. The Balaban J connectivity index is 1.99. The van der Waals surface area contributed by atoms with Crippen molar-refractivity contribution in [2.75, 3.05) is 4.90 Å². The van der Waals surface area contributed by atoms with Crippen molar-refractivity contribution in [3.05, 3.63) is 95.6 Å². The van der Waals surface area contributed by atoms with Gasteiger partial charge in [-0.05, 0) is 54.1 Å². The Kier molecular flexibility index (Phi) is 4.82. The number of hydrogen-bond acceptors (Lipinski definition) is 3. The fourth-order valence-corrected chi connectivity index (χ4v) is 2.45. The maximum Gasteiger partial charge on any atom is 0.258 e. The van der Waals surface area contributed by atoms with Gasteiger partial charge in [0.2, 0.25) is 0 Å². The molecular weight excluding hydrogens is 317 g/mol. The van der Waals surface area contributed by atoms with Crippen LogP contribution < -0.4 is 4.90 Å². The smallest absolute Gasteiger partial charge is 0.258 e. The highest BCUT2D eigenvalue weighted by Gasteiger charge is 2.19. The quantitative estimate of drug-likeness (QED) is 0.727. The molecule has 3 aromatic rings. The highest BCUT2D eigenvalue weighted by Crippen LogP contribution is 2.21. The summed E-state index contributed by atoms with van der Waals surface area (Å²) in [6, 6.07) is 17.9. The molecule has 0 radical (unpaired) electrons. The van der Waals surface area contributed by atoms with Crippen LogP contribution in [-0.2, 0) is 6.54 Å². The first-order valence-corrected chi connectivity index (χ1v) is 7.64. The summed E-state index contributed by atoms with van der Waals surface area (Å²) in [6.45, 7) is 0.287. The summed E-state index contributed by atoms with van der Waals surface area (Å²) in [5.41, 5.74) is 2.22. The highest BCUT2D eigenvalue weighted by atomic mass is 19.1. The van der Waals surface area contributed by atoms with E-state index in [0.717, 1.165) is 5.56 Å². The van der Waals surface area contributed by atoms with Crippen molar-refractivity contribution in [1.82, 2.24) is 4.98 Å². The minimum atomic E-state index is -0.371. The third-order valence-corrected chi connectivity index (χ3v) is 3.69. The third-order valence-electron chi connectivity index (χ3n) is 3.69. The lowest BCUT2D eigenvalue weighted by atomic mass is 10.1. The molecule has 3 rings (SSSR count). The highest BCUT2D eigenvalue weighted by molar-refractivity contribution is 6.06. The van der Waals surface area contributed by atoms with Gasteiger partial charge in [0.1, 0.15) is 5.82 Å². The van der Waals surface area contributed by atoms with E-state index in [1.54, 1.807) is 54.9 Å². The lowest BCUT2D eigenvalue weighted by Crippen LogP contribution is -2.30. The average Bonchev–Trinajstić information content (AvgIpc) is 2.67. The van der Waals surface area contributed by atoms with Crippen molar-refractivity contribution >= 4 is 11.6 Å². The molecule has 0 unspecified atom stereocenters. The number of carbonyl (C=O) groups is 1. The van der Waals surface area contributed by atoms with Crippen LogP contribution in [0.2, 0.25) is 0 Å². The van der Waals surface area contributed by atoms with Crippen molar-refractivity contribution in [3.63, 3.8) is 0 Å². The summed E-state index contributed by atoms with van der Waals surface area (Å²) in [4.78, 5) is 18.6. The van der Waals surface area contributed by atoms with Crippen molar-refractivity contribution in [2.45, 2.75) is 6.54 Å². The van der Waals surface area contributed by atoms with Crippen molar-refractivity contribution in [3.8, 4) is 6.07 Å². The predicted molar refractivity (Wildman–Crippen MR) is 92.3 cm³/mol. The number of pyridine rings is 1. The number of carbonyl (C=O) groups excluding carboxylic acids is 1. The Bertz CT molecular complexity index is 918. The van der Waals surface area contributed by atoms with Gasteiger partial charge in [0.25, 0.3) is 5.91 Å². The maximum atomic E-state index is 13.3. The lowest BCUT2D eigenvalue weighted by Gasteiger charge is -2.23. The van der Waals surface area contributed by atoms with E-state index in [4.69, 9.17) is 5.26 Å². The van der Waals surface area contributed by atoms with E-state index in [1.807, 2.05) is 12.1 Å². The topological polar surface area (TPSA) is 57.0 Å². The molecule has 122 valence electrons. The normalized spacial score (nSPS) is 10.1. The molecule has 0 aliphatic heterocycles. The second kappa shape index (κ2) is 7.37. The van der Waals surface area contributed by atoms with E-state index in [0.29, 0.717) is 16.8 Å². The Hall–Kier alpha value is -3.52. The van der Waals surface area contributed by atoms with Crippen LogP contribution >= 0.6 is 0 Å². The summed E-state index contributed by atoms with van der Waals surface area (Å²) in [5.74, 6) is -0.642. The molecule has 1 amide bonds. The van der Waals surface area contributed by atoms with Crippen LogP contribution in [0.1, 0.15) is 21.5 Å². The average molecular weight is 331 g/mol. The Morgan fingerprint density at radius 1 is 1.12 bits per heavy atom. The van der Waals surface area contributed by atoms with Crippen LogP contribution in [0, 0.1) is 17.1 Å². The second-order valence-electron chi connectivity index (χ2n) is 5.42. The molecular formula is C20H14FN3O. The first-order chi connectivity index (χ1) is 12.2. The van der Waals surface area contributed by atoms with Crippen molar-refractivity contribution in [1.29, 1.82) is 5.26 Å². The van der Waals surface area contributed by atoms with Gasteiger partial charge in [-0.1, -0.05) is 12.1 Å². The maximum absolute atomic E-state index is 13.3. The number of rotatable bonds is 4. The van der Waals surface area contributed by atoms with Gasteiger partial charge in [0.15, 0.2) is 0 Å². The van der Waals surface area contributed by atoms with Crippen LogP contribution in [0.15, 0.2) is 73.1 Å². The number of amides is 1. The Labute approximate surface area is 144 Å². The van der Waals surface area contributed by atoms with Gasteiger partial charge < -0.3 is 4.90 Å². The van der Waals surface area contributed by atoms with Gasteiger partial charge in [-0.2, -0.15) is 5.26 Å². The van der Waals surface area contributed by atoms with Gasteiger partial charge in [-0.3, -0.25) is 9.78 Å². The zero-order chi connectivity index (χ0) is 17.6. The zero-order valence-electron chi connectivity index (χ0n) is 13.3. The molecule has 0 aliphatic rings. The van der Waals surface area contributed by atoms with E-state index in [9.17, 15) is 9.18 Å². The van der Waals surface area contributed by atoms with Crippen LogP contribution in [0.25, 0.3) is 0 Å². The number of halogens is 1.